The molecule has 0 bridgehead atoms. The highest BCUT2D eigenvalue weighted by atomic mass is 35.5. The molecule has 0 radical (unpaired) electrons. The van der Waals surface area contributed by atoms with Crippen molar-refractivity contribution < 1.29 is 19.1 Å². The number of aromatic nitrogens is 2. The van der Waals surface area contributed by atoms with Crippen LogP contribution in [0.1, 0.15) is 43.7 Å². The molecular formula is C18H21ClN2O4. The van der Waals surface area contributed by atoms with E-state index in [1.807, 2.05) is 0 Å². The molecule has 0 saturated heterocycles. The first-order valence-corrected chi connectivity index (χ1v) is 8.28. The van der Waals surface area contributed by atoms with E-state index in [1.165, 1.54) is 0 Å². The van der Waals surface area contributed by atoms with Gasteiger partial charge in [0.1, 0.15) is 5.60 Å². The first kappa shape index (κ1) is 19.0. The van der Waals surface area contributed by atoms with E-state index in [4.69, 9.17) is 21.1 Å². The molecule has 0 N–H and O–H groups in total. The lowest BCUT2D eigenvalue weighted by Gasteiger charge is -2.19. The number of rotatable bonds is 3. The Hall–Kier alpha value is -2.34. The largest absolute Gasteiger partial charge is 0.461 e. The monoisotopic (exact) mass is 364 g/mol. The summed E-state index contributed by atoms with van der Waals surface area (Å²) < 4.78 is 11.5. The Labute approximate surface area is 151 Å². The number of ether oxygens (including phenoxy) is 2. The van der Waals surface area contributed by atoms with Gasteiger partial charge in [-0.1, -0.05) is 23.7 Å². The maximum atomic E-state index is 12.6. The van der Waals surface area contributed by atoms with E-state index >= 15 is 0 Å². The quantitative estimate of drug-likeness (QED) is 0.751. The number of carbonyl (C=O) groups is 2. The van der Waals surface area contributed by atoms with Gasteiger partial charge in [0, 0.05) is 16.1 Å². The Morgan fingerprint density at radius 1 is 1.20 bits per heavy atom. The van der Waals surface area contributed by atoms with Gasteiger partial charge < -0.3 is 9.47 Å². The van der Waals surface area contributed by atoms with Gasteiger partial charge in [-0.25, -0.2) is 9.59 Å². The normalized spacial score (nSPS) is 11.3. The molecule has 6 nitrogen and oxygen atoms in total. The first-order valence-electron chi connectivity index (χ1n) is 7.90. The summed E-state index contributed by atoms with van der Waals surface area (Å²) in [5.41, 5.74) is 1.08. The van der Waals surface area contributed by atoms with E-state index < -0.39 is 17.7 Å². The van der Waals surface area contributed by atoms with Gasteiger partial charge in [0.25, 0.3) is 0 Å². The fourth-order valence-electron chi connectivity index (χ4n) is 2.27. The number of carbonyl (C=O) groups excluding carboxylic acids is 2. The fourth-order valence-corrected chi connectivity index (χ4v) is 2.40. The van der Waals surface area contributed by atoms with Crippen molar-refractivity contribution in [1.29, 1.82) is 0 Å². The predicted octanol–water partition coefficient (Wildman–Crippen LogP) is 4.47. The van der Waals surface area contributed by atoms with Crippen LogP contribution in [0.5, 0.6) is 0 Å². The van der Waals surface area contributed by atoms with E-state index in [0.29, 0.717) is 21.8 Å². The van der Waals surface area contributed by atoms with Gasteiger partial charge in [-0.15, -0.1) is 0 Å². The summed E-state index contributed by atoms with van der Waals surface area (Å²) in [5.74, 6) is -0.586. The van der Waals surface area contributed by atoms with Crippen LogP contribution in [-0.2, 0) is 9.47 Å². The second-order valence-corrected chi connectivity index (χ2v) is 6.88. The van der Waals surface area contributed by atoms with Crippen LogP contribution in [0.4, 0.5) is 4.79 Å². The zero-order valence-electron chi connectivity index (χ0n) is 14.9. The molecule has 0 atom stereocenters. The molecule has 0 aliphatic carbocycles. The summed E-state index contributed by atoms with van der Waals surface area (Å²) in [6.07, 6.45) is -0.670. The lowest BCUT2D eigenvalue weighted by atomic mass is 10.1. The van der Waals surface area contributed by atoms with E-state index in [-0.39, 0.29) is 12.3 Å². The van der Waals surface area contributed by atoms with Crippen molar-refractivity contribution in [2.24, 2.45) is 0 Å². The van der Waals surface area contributed by atoms with E-state index in [0.717, 1.165) is 4.68 Å². The smallest absolute Gasteiger partial charge is 0.435 e. The molecule has 2 rings (SSSR count). The number of esters is 1. The maximum Gasteiger partial charge on any atom is 0.435 e. The molecule has 0 amide bonds. The van der Waals surface area contributed by atoms with Gasteiger partial charge in [0.15, 0.2) is 5.69 Å². The van der Waals surface area contributed by atoms with Gasteiger partial charge in [-0.2, -0.15) is 9.78 Å². The van der Waals surface area contributed by atoms with Gasteiger partial charge in [0.05, 0.1) is 12.3 Å². The van der Waals surface area contributed by atoms with Gasteiger partial charge in [0.2, 0.25) is 0 Å². The highest BCUT2D eigenvalue weighted by Gasteiger charge is 2.28. The second kappa shape index (κ2) is 7.27. The lowest BCUT2D eigenvalue weighted by molar-refractivity contribution is 0.0502. The third kappa shape index (κ3) is 4.39. The minimum Gasteiger partial charge on any atom is -0.461 e. The van der Waals surface area contributed by atoms with E-state index in [2.05, 4.69) is 5.10 Å². The van der Waals surface area contributed by atoms with Crippen molar-refractivity contribution in [1.82, 2.24) is 9.78 Å². The summed E-state index contributed by atoms with van der Waals surface area (Å²) in [5, 5.41) is 4.71. The Morgan fingerprint density at radius 3 is 2.32 bits per heavy atom. The van der Waals surface area contributed by atoms with Crippen LogP contribution in [0.3, 0.4) is 0 Å². The fraction of sp³-hybridized carbons (Fsp3) is 0.389. The van der Waals surface area contributed by atoms with Crippen LogP contribution in [0.2, 0.25) is 5.02 Å². The van der Waals surface area contributed by atoms with Crippen molar-refractivity contribution >= 4 is 23.7 Å². The van der Waals surface area contributed by atoms with Crippen molar-refractivity contribution in [3.8, 4) is 11.3 Å². The number of hydrogen-bond donors (Lipinski definition) is 0. The molecule has 2 aromatic rings. The lowest BCUT2D eigenvalue weighted by Crippen LogP contribution is -2.28. The number of halogens is 1. The number of hydrogen-bond acceptors (Lipinski definition) is 5. The Morgan fingerprint density at radius 2 is 1.80 bits per heavy atom. The predicted molar refractivity (Wildman–Crippen MR) is 95.0 cm³/mol. The van der Waals surface area contributed by atoms with Crippen LogP contribution < -0.4 is 0 Å². The topological polar surface area (TPSA) is 70.4 Å². The highest BCUT2D eigenvalue weighted by Crippen LogP contribution is 2.28. The van der Waals surface area contributed by atoms with Crippen LogP contribution in [0.15, 0.2) is 24.3 Å². The van der Waals surface area contributed by atoms with Gasteiger partial charge >= 0.3 is 12.1 Å². The van der Waals surface area contributed by atoms with Crippen molar-refractivity contribution in [3.63, 3.8) is 0 Å². The minimum atomic E-state index is -0.696. The summed E-state index contributed by atoms with van der Waals surface area (Å²) in [4.78, 5) is 24.7. The molecule has 0 aliphatic rings. The standard InChI is InChI=1S/C18H21ClN2O4/c1-6-24-16(22)14-11(2)15(12-7-9-13(19)10-8-12)21(20-14)17(23)25-18(3,4)5/h7-10H,6H2,1-5H3. The molecular weight excluding hydrogens is 344 g/mol. The average molecular weight is 365 g/mol. The molecule has 25 heavy (non-hydrogen) atoms. The van der Waals surface area contributed by atoms with Crippen LogP contribution in [-0.4, -0.2) is 34.1 Å². The van der Waals surface area contributed by atoms with Crippen LogP contribution >= 0.6 is 11.6 Å². The Kier molecular flexibility index (Phi) is 5.52. The molecule has 0 spiro atoms. The summed E-state index contributed by atoms with van der Waals surface area (Å²) in [7, 11) is 0. The number of nitrogens with zero attached hydrogens (tertiary/aromatic N) is 2. The zero-order valence-corrected chi connectivity index (χ0v) is 15.7. The summed E-state index contributed by atoms with van der Waals surface area (Å²) in [6, 6.07) is 6.91. The SMILES string of the molecule is CCOC(=O)c1nn(C(=O)OC(C)(C)C)c(-c2ccc(Cl)cc2)c1C. The minimum absolute atomic E-state index is 0.0812. The molecule has 0 unspecified atom stereocenters. The van der Waals surface area contributed by atoms with Crippen LogP contribution in [0, 0.1) is 6.92 Å². The molecule has 0 saturated carbocycles. The summed E-state index contributed by atoms with van der Waals surface area (Å²) >= 11 is 5.94. The van der Waals surface area contributed by atoms with Crippen molar-refractivity contribution in [2.45, 2.75) is 40.2 Å². The molecule has 7 heteroatoms. The second-order valence-electron chi connectivity index (χ2n) is 6.44. The average Bonchev–Trinajstić information content (AvgIpc) is 2.84. The van der Waals surface area contributed by atoms with Gasteiger partial charge in [-0.05, 0) is 46.8 Å². The Bertz CT molecular complexity index is 789. The Balaban J connectivity index is 2.59. The molecule has 134 valence electrons. The molecule has 0 aliphatic heterocycles. The molecule has 0 fully saturated rings. The molecule has 1 aromatic carbocycles. The van der Waals surface area contributed by atoms with E-state index in [1.54, 1.807) is 58.9 Å². The first-order chi connectivity index (χ1) is 11.6. The zero-order chi connectivity index (χ0) is 18.8. The van der Waals surface area contributed by atoms with Crippen molar-refractivity contribution in [2.75, 3.05) is 6.61 Å². The maximum absolute atomic E-state index is 12.6. The van der Waals surface area contributed by atoms with E-state index in [9.17, 15) is 9.59 Å². The molecule has 1 heterocycles. The third-order valence-corrected chi connectivity index (χ3v) is 3.53. The number of benzene rings is 1. The van der Waals surface area contributed by atoms with Crippen molar-refractivity contribution in [3.05, 3.63) is 40.5 Å². The highest BCUT2D eigenvalue weighted by molar-refractivity contribution is 6.30. The summed E-state index contributed by atoms with van der Waals surface area (Å²) in [6.45, 7) is 8.91. The third-order valence-electron chi connectivity index (χ3n) is 3.28. The van der Waals surface area contributed by atoms with Crippen LogP contribution in [0.25, 0.3) is 11.3 Å². The molecule has 1 aromatic heterocycles. The van der Waals surface area contributed by atoms with Gasteiger partial charge in [-0.3, -0.25) is 0 Å².